The van der Waals surface area contributed by atoms with Gasteiger partial charge in [-0.1, -0.05) is 0 Å². The molecule has 6 heteroatoms. The van der Waals surface area contributed by atoms with E-state index < -0.39 is 10.8 Å². The zero-order valence-corrected chi connectivity index (χ0v) is 10.7. The highest BCUT2D eigenvalue weighted by atomic mass is 32.2. The van der Waals surface area contributed by atoms with Crippen molar-refractivity contribution in [2.24, 2.45) is 0 Å². The Bertz CT molecular complexity index is 358. The zero-order valence-electron chi connectivity index (χ0n) is 9.86. The highest BCUT2D eigenvalue weighted by molar-refractivity contribution is 7.84. The molecule has 2 unspecified atom stereocenters. The molecule has 0 saturated heterocycles. The van der Waals surface area contributed by atoms with Crippen molar-refractivity contribution in [3.05, 3.63) is 12.4 Å². The van der Waals surface area contributed by atoms with Crippen LogP contribution >= 0.6 is 0 Å². The van der Waals surface area contributed by atoms with E-state index in [1.54, 1.807) is 6.26 Å². The van der Waals surface area contributed by atoms with Crippen LogP contribution in [0.15, 0.2) is 12.4 Å². The summed E-state index contributed by atoms with van der Waals surface area (Å²) in [4.78, 5) is 8.16. The number of hydrogen-bond donors (Lipinski definition) is 2. The maximum Gasteiger partial charge on any atom is 0.131 e. The van der Waals surface area contributed by atoms with Gasteiger partial charge in [0.1, 0.15) is 18.0 Å². The first kappa shape index (κ1) is 12.9. The SMILES string of the molecule is CCNc1cc(NCC(C)S(C)=O)ncn1. The Morgan fingerprint density at radius 3 is 2.56 bits per heavy atom. The molecule has 0 fully saturated rings. The van der Waals surface area contributed by atoms with Crippen molar-refractivity contribution in [2.45, 2.75) is 19.1 Å². The van der Waals surface area contributed by atoms with Crippen molar-refractivity contribution in [2.75, 3.05) is 30.0 Å². The molecule has 0 aromatic carbocycles. The third-order valence-corrected chi connectivity index (χ3v) is 3.46. The van der Waals surface area contributed by atoms with Crippen LogP contribution < -0.4 is 10.6 Å². The van der Waals surface area contributed by atoms with Crippen molar-refractivity contribution >= 4 is 22.4 Å². The van der Waals surface area contributed by atoms with Crippen LogP contribution in [-0.2, 0) is 10.8 Å². The first-order valence-electron chi connectivity index (χ1n) is 5.25. The van der Waals surface area contributed by atoms with Gasteiger partial charge in [0.15, 0.2) is 0 Å². The molecule has 2 atom stereocenters. The summed E-state index contributed by atoms with van der Waals surface area (Å²) in [5.74, 6) is 1.55. The molecule has 1 aromatic rings. The Morgan fingerprint density at radius 1 is 1.38 bits per heavy atom. The highest BCUT2D eigenvalue weighted by Crippen LogP contribution is 2.08. The summed E-state index contributed by atoms with van der Waals surface area (Å²) in [6.07, 6.45) is 3.21. The lowest BCUT2D eigenvalue weighted by atomic mass is 10.4. The van der Waals surface area contributed by atoms with Gasteiger partial charge in [0, 0.05) is 41.5 Å². The van der Waals surface area contributed by atoms with E-state index in [4.69, 9.17) is 0 Å². The van der Waals surface area contributed by atoms with Crippen molar-refractivity contribution in [3.63, 3.8) is 0 Å². The van der Waals surface area contributed by atoms with E-state index in [9.17, 15) is 4.21 Å². The van der Waals surface area contributed by atoms with Crippen molar-refractivity contribution in [1.82, 2.24) is 9.97 Å². The summed E-state index contributed by atoms with van der Waals surface area (Å²) in [6.45, 7) is 5.42. The number of aromatic nitrogens is 2. The second-order valence-electron chi connectivity index (χ2n) is 3.51. The molecule has 5 nitrogen and oxygen atoms in total. The van der Waals surface area contributed by atoms with Crippen LogP contribution in [0.4, 0.5) is 11.6 Å². The second-order valence-corrected chi connectivity index (χ2v) is 5.31. The van der Waals surface area contributed by atoms with Gasteiger partial charge in [0.2, 0.25) is 0 Å². The number of nitrogens with zero attached hydrogens (tertiary/aromatic N) is 2. The van der Waals surface area contributed by atoms with E-state index in [1.165, 1.54) is 6.33 Å². The third-order valence-electron chi connectivity index (χ3n) is 2.16. The lowest BCUT2D eigenvalue weighted by Gasteiger charge is -2.11. The fraction of sp³-hybridized carbons (Fsp3) is 0.600. The summed E-state index contributed by atoms with van der Waals surface area (Å²) >= 11 is 0. The van der Waals surface area contributed by atoms with Crippen LogP contribution in [0.25, 0.3) is 0 Å². The van der Waals surface area contributed by atoms with Gasteiger partial charge < -0.3 is 10.6 Å². The first-order chi connectivity index (χ1) is 7.63. The van der Waals surface area contributed by atoms with Crippen LogP contribution in [0.3, 0.4) is 0 Å². The predicted molar refractivity (Wildman–Crippen MR) is 68.2 cm³/mol. The molecule has 1 heterocycles. The number of hydrogen-bond acceptors (Lipinski definition) is 5. The van der Waals surface area contributed by atoms with Gasteiger partial charge in [-0.3, -0.25) is 4.21 Å². The predicted octanol–water partition coefficient (Wildman–Crippen LogP) is 1.09. The van der Waals surface area contributed by atoms with Crippen LogP contribution in [0.1, 0.15) is 13.8 Å². The van der Waals surface area contributed by atoms with E-state index in [0.717, 1.165) is 18.2 Å². The van der Waals surface area contributed by atoms with Gasteiger partial charge in [0.25, 0.3) is 0 Å². The van der Waals surface area contributed by atoms with E-state index in [1.807, 2.05) is 19.9 Å². The summed E-state index contributed by atoms with van der Waals surface area (Å²) in [7, 11) is -0.814. The van der Waals surface area contributed by atoms with E-state index in [2.05, 4.69) is 20.6 Å². The normalized spacial score (nSPS) is 14.2. The molecule has 0 aliphatic rings. The van der Waals surface area contributed by atoms with Gasteiger partial charge in [-0.05, 0) is 13.8 Å². The fourth-order valence-corrected chi connectivity index (χ4v) is 1.42. The average Bonchev–Trinajstić information content (AvgIpc) is 2.26. The molecule has 0 bridgehead atoms. The lowest BCUT2D eigenvalue weighted by Crippen LogP contribution is -2.21. The Kier molecular flexibility index (Phi) is 5.18. The summed E-state index contributed by atoms with van der Waals surface area (Å²) in [5.41, 5.74) is 0. The van der Waals surface area contributed by atoms with Gasteiger partial charge in [-0.25, -0.2) is 9.97 Å². The standard InChI is InChI=1S/C10H18N4OS/c1-4-11-9-5-10(14-7-13-9)12-6-8(2)16(3)15/h5,7-8H,4,6H2,1-3H3,(H2,11,12,13,14). The third kappa shape index (κ3) is 4.14. The number of nitrogens with one attached hydrogen (secondary N) is 2. The van der Waals surface area contributed by atoms with Crippen molar-refractivity contribution in [3.8, 4) is 0 Å². The maximum atomic E-state index is 11.2. The quantitative estimate of drug-likeness (QED) is 0.781. The highest BCUT2D eigenvalue weighted by Gasteiger charge is 2.06. The summed E-state index contributed by atoms with van der Waals surface area (Å²) in [6, 6.07) is 1.84. The molecule has 0 spiro atoms. The van der Waals surface area contributed by atoms with Crippen LogP contribution in [0, 0.1) is 0 Å². The first-order valence-corrected chi connectivity index (χ1v) is 6.87. The van der Waals surface area contributed by atoms with Gasteiger partial charge in [-0.15, -0.1) is 0 Å². The monoisotopic (exact) mass is 242 g/mol. The van der Waals surface area contributed by atoms with Crippen LogP contribution in [0.5, 0.6) is 0 Å². The van der Waals surface area contributed by atoms with E-state index >= 15 is 0 Å². The molecule has 0 amide bonds. The van der Waals surface area contributed by atoms with E-state index in [-0.39, 0.29) is 5.25 Å². The van der Waals surface area contributed by atoms with Crippen LogP contribution in [0.2, 0.25) is 0 Å². The Balaban J connectivity index is 2.53. The largest absolute Gasteiger partial charge is 0.370 e. The topological polar surface area (TPSA) is 66.9 Å². The maximum absolute atomic E-state index is 11.2. The second kappa shape index (κ2) is 6.42. The minimum absolute atomic E-state index is 0.109. The molecular weight excluding hydrogens is 224 g/mol. The molecule has 0 radical (unpaired) electrons. The Hall–Kier alpha value is -1.17. The molecular formula is C10H18N4OS. The van der Waals surface area contributed by atoms with Gasteiger partial charge >= 0.3 is 0 Å². The molecule has 1 aromatic heterocycles. The average molecular weight is 242 g/mol. The molecule has 1 rings (SSSR count). The fourth-order valence-electron chi connectivity index (χ4n) is 1.10. The zero-order chi connectivity index (χ0) is 12.0. The molecule has 2 N–H and O–H groups in total. The van der Waals surface area contributed by atoms with Gasteiger partial charge in [0.05, 0.1) is 0 Å². The van der Waals surface area contributed by atoms with Crippen LogP contribution in [-0.4, -0.2) is 38.8 Å². The smallest absolute Gasteiger partial charge is 0.131 e. The molecule has 0 aliphatic carbocycles. The van der Waals surface area contributed by atoms with E-state index in [0.29, 0.717) is 6.54 Å². The van der Waals surface area contributed by atoms with Crippen molar-refractivity contribution < 1.29 is 4.21 Å². The Labute approximate surface area is 98.5 Å². The minimum Gasteiger partial charge on any atom is -0.370 e. The van der Waals surface area contributed by atoms with Crippen molar-refractivity contribution in [1.29, 1.82) is 0 Å². The summed E-state index contributed by atoms with van der Waals surface area (Å²) in [5, 5.41) is 6.36. The summed E-state index contributed by atoms with van der Waals surface area (Å²) < 4.78 is 11.2. The Morgan fingerprint density at radius 2 is 2.00 bits per heavy atom. The number of anilines is 2. The molecule has 16 heavy (non-hydrogen) atoms. The molecule has 0 saturated carbocycles. The minimum atomic E-state index is -0.814. The molecule has 0 aliphatic heterocycles. The van der Waals surface area contributed by atoms with Gasteiger partial charge in [-0.2, -0.15) is 0 Å². The lowest BCUT2D eigenvalue weighted by molar-refractivity contribution is 0.679. The number of rotatable bonds is 6. The molecule has 90 valence electrons.